The van der Waals surface area contributed by atoms with E-state index in [1.165, 1.54) is 12.1 Å². The monoisotopic (exact) mass is 347 g/mol. The lowest BCUT2D eigenvalue weighted by molar-refractivity contribution is -0.137. The summed E-state index contributed by atoms with van der Waals surface area (Å²) in [5, 5.41) is 2.87. The molecule has 0 saturated heterocycles. The van der Waals surface area contributed by atoms with Crippen LogP contribution in [0.3, 0.4) is 0 Å². The topological polar surface area (TPSA) is 44.7 Å². The number of nitrogens with one attached hydrogen (secondary N) is 1. The molecule has 0 unspecified atom stereocenters. The van der Waals surface area contributed by atoms with Gasteiger partial charge in [0.15, 0.2) is 0 Å². The van der Waals surface area contributed by atoms with Gasteiger partial charge in [0, 0.05) is 11.7 Å². The summed E-state index contributed by atoms with van der Waals surface area (Å²) >= 11 is 0. The number of nitrogens with zero attached hydrogens (tertiary/aromatic N) is 2. The average Bonchev–Trinajstić information content (AvgIpc) is 3.08. The molecule has 0 spiro atoms. The Hall–Kier alpha value is -1.76. The molecule has 3 rings (SSSR count). The highest BCUT2D eigenvalue weighted by molar-refractivity contribution is 6.09. The predicted molar refractivity (Wildman–Crippen MR) is 83.7 cm³/mol. The highest BCUT2D eigenvalue weighted by atomic mass is 35.5. The Kier molecular flexibility index (Phi) is 5.19. The zero-order valence-corrected chi connectivity index (χ0v) is 13.1. The van der Waals surface area contributed by atoms with Gasteiger partial charge in [0.1, 0.15) is 6.54 Å². The molecule has 0 atom stereocenters. The molecule has 0 aromatic heterocycles. The number of carbonyl (C=O) groups excluding carboxylic acids is 1. The third-order valence-electron chi connectivity index (χ3n) is 4.00. The van der Waals surface area contributed by atoms with Gasteiger partial charge in [-0.15, -0.1) is 12.4 Å². The van der Waals surface area contributed by atoms with E-state index < -0.39 is 11.7 Å². The summed E-state index contributed by atoms with van der Waals surface area (Å²) in [6, 6.07) is 5.02. The molecule has 1 aromatic carbocycles. The van der Waals surface area contributed by atoms with E-state index in [-0.39, 0.29) is 36.6 Å². The molecule has 1 fully saturated rings. The molecule has 8 heteroatoms. The molecule has 1 heterocycles. The van der Waals surface area contributed by atoms with Gasteiger partial charge in [0.2, 0.25) is 5.96 Å². The molecule has 1 amide bonds. The van der Waals surface area contributed by atoms with Gasteiger partial charge in [-0.25, -0.2) is 4.99 Å². The Labute approximate surface area is 138 Å². The quantitative estimate of drug-likeness (QED) is 0.887. The highest BCUT2D eigenvalue weighted by Gasteiger charge is 2.34. The molecule has 1 aliphatic carbocycles. The average molecular weight is 348 g/mol. The van der Waals surface area contributed by atoms with E-state index in [1.54, 1.807) is 4.90 Å². The fourth-order valence-corrected chi connectivity index (χ4v) is 2.95. The molecular weight excluding hydrogens is 331 g/mol. The van der Waals surface area contributed by atoms with Crippen LogP contribution < -0.4 is 5.32 Å². The first-order chi connectivity index (χ1) is 10.4. The fourth-order valence-electron chi connectivity index (χ4n) is 2.95. The van der Waals surface area contributed by atoms with Gasteiger partial charge in [0.05, 0.1) is 5.56 Å². The van der Waals surface area contributed by atoms with E-state index in [0.717, 1.165) is 37.8 Å². The van der Waals surface area contributed by atoms with Crippen molar-refractivity contribution < 1.29 is 18.0 Å². The Bertz CT molecular complexity index is 612. The first kappa shape index (κ1) is 17.6. The number of carbonyl (C=O) groups is 1. The largest absolute Gasteiger partial charge is 0.416 e. The number of aliphatic imine (C=N–C) groups is 1. The van der Waals surface area contributed by atoms with Gasteiger partial charge in [-0.2, -0.15) is 13.2 Å². The minimum absolute atomic E-state index is 0. The van der Waals surface area contributed by atoms with Crippen LogP contribution in [0.1, 0.15) is 31.2 Å². The lowest BCUT2D eigenvalue weighted by Gasteiger charge is -2.25. The van der Waals surface area contributed by atoms with Crippen molar-refractivity contribution in [2.45, 2.75) is 37.9 Å². The molecule has 1 N–H and O–H groups in total. The summed E-state index contributed by atoms with van der Waals surface area (Å²) in [5.74, 6) is 0.262. The van der Waals surface area contributed by atoms with E-state index >= 15 is 0 Å². The van der Waals surface area contributed by atoms with Crippen molar-refractivity contribution in [3.63, 3.8) is 0 Å². The van der Waals surface area contributed by atoms with Crippen molar-refractivity contribution in [2.75, 3.05) is 11.9 Å². The van der Waals surface area contributed by atoms with Crippen LogP contribution in [0.5, 0.6) is 0 Å². The fraction of sp³-hybridized carbons (Fsp3) is 0.467. The Morgan fingerprint density at radius 3 is 2.57 bits per heavy atom. The standard InChI is InChI=1S/C15H16F3N3O.ClH/c16-15(17,18)10-4-3-5-11(8-10)20-14-19-9-13(22)21(14)12-6-1-2-7-12;/h3-5,8,12H,1-2,6-7,9H2,(H,19,20);1H. The molecule has 1 saturated carbocycles. The third-order valence-corrected chi connectivity index (χ3v) is 4.00. The minimum Gasteiger partial charge on any atom is -0.326 e. The van der Waals surface area contributed by atoms with Crippen LogP contribution in [0.25, 0.3) is 0 Å². The summed E-state index contributed by atoms with van der Waals surface area (Å²) in [7, 11) is 0. The highest BCUT2D eigenvalue weighted by Crippen LogP contribution is 2.31. The number of alkyl halides is 3. The van der Waals surface area contributed by atoms with Gasteiger partial charge in [0.25, 0.3) is 5.91 Å². The van der Waals surface area contributed by atoms with Gasteiger partial charge in [-0.05, 0) is 31.0 Å². The van der Waals surface area contributed by atoms with E-state index in [9.17, 15) is 18.0 Å². The Morgan fingerprint density at radius 2 is 1.91 bits per heavy atom. The van der Waals surface area contributed by atoms with Crippen LogP contribution in [-0.2, 0) is 11.0 Å². The lowest BCUT2D eigenvalue weighted by Crippen LogP contribution is -2.43. The molecule has 1 aromatic rings. The van der Waals surface area contributed by atoms with Crippen molar-refractivity contribution in [2.24, 2.45) is 4.99 Å². The number of benzene rings is 1. The Balaban J connectivity index is 0.00000192. The number of hydrogen-bond donors (Lipinski definition) is 1. The maximum Gasteiger partial charge on any atom is 0.416 e. The summed E-state index contributed by atoms with van der Waals surface area (Å²) in [5.41, 5.74) is -0.443. The van der Waals surface area contributed by atoms with Crippen LogP contribution >= 0.6 is 12.4 Å². The molecule has 4 nitrogen and oxygen atoms in total. The van der Waals surface area contributed by atoms with Gasteiger partial charge >= 0.3 is 6.18 Å². The van der Waals surface area contributed by atoms with Gasteiger partial charge in [-0.1, -0.05) is 18.9 Å². The molecule has 1 aliphatic heterocycles. The third kappa shape index (κ3) is 3.77. The zero-order chi connectivity index (χ0) is 15.7. The first-order valence-corrected chi connectivity index (χ1v) is 7.26. The van der Waals surface area contributed by atoms with Crippen LogP contribution in [0.2, 0.25) is 0 Å². The van der Waals surface area contributed by atoms with Crippen LogP contribution in [0, 0.1) is 0 Å². The summed E-state index contributed by atoms with van der Waals surface area (Å²) in [6.07, 6.45) is -0.448. The molecule has 2 aliphatic rings. The minimum atomic E-state index is -4.39. The number of rotatable bonds is 2. The molecule has 23 heavy (non-hydrogen) atoms. The number of amides is 1. The van der Waals surface area contributed by atoms with Crippen molar-refractivity contribution >= 4 is 30.0 Å². The number of guanidine groups is 1. The second-order valence-electron chi connectivity index (χ2n) is 5.55. The summed E-state index contributed by atoms with van der Waals surface area (Å²) in [4.78, 5) is 17.7. The van der Waals surface area contributed by atoms with Crippen LogP contribution in [0.15, 0.2) is 29.3 Å². The van der Waals surface area contributed by atoms with E-state index in [0.29, 0.717) is 5.96 Å². The van der Waals surface area contributed by atoms with E-state index in [4.69, 9.17) is 0 Å². The maximum atomic E-state index is 12.7. The zero-order valence-electron chi connectivity index (χ0n) is 12.3. The van der Waals surface area contributed by atoms with Crippen LogP contribution in [0.4, 0.5) is 18.9 Å². The number of anilines is 1. The number of hydrogen-bond acceptors (Lipinski definition) is 3. The molecular formula is C15H17ClF3N3O. The maximum absolute atomic E-state index is 12.7. The Morgan fingerprint density at radius 1 is 1.22 bits per heavy atom. The smallest absolute Gasteiger partial charge is 0.326 e. The summed E-state index contributed by atoms with van der Waals surface area (Å²) in [6.45, 7) is 0.0534. The normalized spacial score (nSPS) is 18.8. The van der Waals surface area contributed by atoms with Crippen molar-refractivity contribution in [3.8, 4) is 0 Å². The predicted octanol–water partition coefficient (Wildman–Crippen LogP) is 3.68. The van der Waals surface area contributed by atoms with Gasteiger partial charge in [-0.3, -0.25) is 9.69 Å². The van der Waals surface area contributed by atoms with Gasteiger partial charge < -0.3 is 5.32 Å². The second kappa shape index (κ2) is 6.78. The van der Waals surface area contributed by atoms with E-state index in [2.05, 4.69) is 10.3 Å². The van der Waals surface area contributed by atoms with Crippen molar-refractivity contribution in [1.29, 1.82) is 0 Å². The van der Waals surface area contributed by atoms with Crippen molar-refractivity contribution in [1.82, 2.24) is 4.90 Å². The second-order valence-corrected chi connectivity index (χ2v) is 5.55. The SMILES string of the molecule is Cl.O=C1CN=C(Nc2cccc(C(F)(F)F)c2)N1C1CCCC1. The molecule has 126 valence electrons. The van der Waals surface area contributed by atoms with Crippen LogP contribution in [-0.4, -0.2) is 29.4 Å². The lowest BCUT2D eigenvalue weighted by atomic mass is 10.2. The summed E-state index contributed by atoms with van der Waals surface area (Å²) < 4.78 is 38.2. The van der Waals surface area contributed by atoms with E-state index in [1.807, 2.05) is 0 Å². The molecule has 0 radical (unpaired) electrons. The first-order valence-electron chi connectivity index (χ1n) is 7.26. The van der Waals surface area contributed by atoms with Crippen molar-refractivity contribution in [3.05, 3.63) is 29.8 Å². The molecule has 0 bridgehead atoms. The number of halogens is 4.